The minimum Gasteiger partial charge on any atom is -0.481 e. The number of piperazine rings is 1. The van der Waals surface area contributed by atoms with Crippen molar-refractivity contribution >= 4 is 27.6 Å². The molecule has 138 valence electrons. The molecule has 0 unspecified atom stereocenters. The van der Waals surface area contributed by atoms with E-state index in [1.54, 1.807) is 11.8 Å². The highest BCUT2D eigenvalue weighted by atomic mass is 32.2. The number of hydrogen-bond donors (Lipinski definition) is 1. The van der Waals surface area contributed by atoms with E-state index in [1.165, 1.54) is 10.5 Å². The zero-order valence-electron chi connectivity index (χ0n) is 14.3. The van der Waals surface area contributed by atoms with Gasteiger partial charge in [0.05, 0.1) is 17.9 Å². The van der Waals surface area contributed by atoms with Crippen LogP contribution in [0.5, 0.6) is 0 Å². The molecular weight excluding hydrogens is 360 g/mol. The molecule has 0 bridgehead atoms. The number of sulfone groups is 1. The first-order valence-electron chi connectivity index (χ1n) is 8.41. The molecule has 0 aromatic heterocycles. The van der Waals surface area contributed by atoms with E-state index >= 15 is 0 Å². The van der Waals surface area contributed by atoms with E-state index in [2.05, 4.69) is 28.0 Å². The van der Waals surface area contributed by atoms with Gasteiger partial charge in [-0.25, -0.2) is 8.42 Å². The van der Waals surface area contributed by atoms with Crippen molar-refractivity contribution in [2.75, 3.05) is 37.4 Å². The van der Waals surface area contributed by atoms with Crippen molar-refractivity contribution < 1.29 is 18.3 Å². The Morgan fingerprint density at radius 2 is 1.92 bits per heavy atom. The van der Waals surface area contributed by atoms with Crippen LogP contribution in [-0.4, -0.2) is 78.8 Å². The van der Waals surface area contributed by atoms with Gasteiger partial charge in [0.2, 0.25) is 0 Å². The molecule has 1 aromatic carbocycles. The smallest absolute Gasteiger partial charge is 0.304 e. The van der Waals surface area contributed by atoms with E-state index < -0.39 is 15.8 Å². The highest BCUT2D eigenvalue weighted by molar-refractivity contribution is 7.98. The number of hydrogen-bond acceptors (Lipinski definition) is 6. The van der Waals surface area contributed by atoms with E-state index in [0.717, 1.165) is 13.1 Å². The fourth-order valence-corrected chi connectivity index (χ4v) is 6.34. The van der Waals surface area contributed by atoms with Crippen LogP contribution in [0.4, 0.5) is 0 Å². The van der Waals surface area contributed by atoms with E-state index in [0.29, 0.717) is 13.1 Å². The van der Waals surface area contributed by atoms with Crippen LogP contribution >= 0.6 is 11.8 Å². The fraction of sp³-hybridized carbons (Fsp3) is 0.588. The lowest BCUT2D eigenvalue weighted by Gasteiger charge is -2.43. The Hall–Kier alpha value is -1.09. The van der Waals surface area contributed by atoms with Crippen LogP contribution in [-0.2, 0) is 21.2 Å². The number of carbonyl (C=O) groups is 1. The topological polar surface area (TPSA) is 77.9 Å². The number of benzene rings is 1. The summed E-state index contributed by atoms with van der Waals surface area (Å²) in [5, 5.41) is 8.93. The van der Waals surface area contributed by atoms with Crippen molar-refractivity contribution in [1.29, 1.82) is 0 Å². The van der Waals surface area contributed by atoms with Gasteiger partial charge >= 0.3 is 5.97 Å². The molecule has 2 saturated heterocycles. The fourth-order valence-electron chi connectivity index (χ4n) is 3.82. The summed E-state index contributed by atoms with van der Waals surface area (Å²) in [6.07, 6.45) is 2.10. The molecule has 8 heteroatoms. The first kappa shape index (κ1) is 18.7. The van der Waals surface area contributed by atoms with Crippen molar-refractivity contribution in [1.82, 2.24) is 9.80 Å². The Morgan fingerprint density at radius 3 is 2.60 bits per heavy atom. The number of nitrogens with zero attached hydrogens (tertiary/aromatic N) is 2. The summed E-state index contributed by atoms with van der Waals surface area (Å²) in [4.78, 5) is 16.4. The number of carboxylic acids is 1. The predicted molar refractivity (Wildman–Crippen MR) is 98.7 cm³/mol. The highest BCUT2D eigenvalue weighted by Crippen LogP contribution is 2.29. The van der Waals surface area contributed by atoms with Gasteiger partial charge in [-0.1, -0.05) is 12.1 Å². The first-order valence-corrected chi connectivity index (χ1v) is 11.5. The van der Waals surface area contributed by atoms with Gasteiger partial charge in [-0.15, -0.1) is 11.8 Å². The number of fused-ring (bicyclic) bond motifs is 1. The first-order chi connectivity index (χ1) is 11.9. The summed E-state index contributed by atoms with van der Waals surface area (Å²) < 4.78 is 24.4. The highest BCUT2D eigenvalue weighted by Gasteiger charge is 2.46. The maximum absolute atomic E-state index is 12.2. The second-order valence-corrected chi connectivity index (χ2v) is 9.75. The van der Waals surface area contributed by atoms with Gasteiger partial charge in [-0.2, -0.15) is 0 Å². The molecule has 0 aliphatic carbocycles. The Bertz CT molecular complexity index is 738. The van der Waals surface area contributed by atoms with Crippen molar-refractivity contribution in [3.05, 3.63) is 29.8 Å². The Balaban J connectivity index is 1.75. The SMILES string of the molecule is CSc1cccc(CN2CCN(CCC(=O)O)[C@@H]3CS(=O)(=O)C[C@@H]32)c1. The van der Waals surface area contributed by atoms with Crippen LogP contribution in [0.1, 0.15) is 12.0 Å². The second-order valence-electron chi connectivity index (χ2n) is 6.71. The molecule has 3 rings (SSSR count). The number of rotatable bonds is 6. The van der Waals surface area contributed by atoms with Crippen LogP contribution in [0.2, 0.25) is 0 Å². The molecule has 2 aliphatic heterocycles. The predicted octanol–water partition coefficient (Wildman–Crippen LogP) is 1.17. The number of thioether (sulfide) groups is 1. The maximum Gasteiger partial charge on any atom is 0.304 e. The van der Waals surface area contributed by atoms with Gasteiger partial charge in [0.1, 0.15) is 0 Å². The van der Waals surface area contributed by atoms with Crippen LogP contribution < -0.4 is 0 Å². The average Bonchev–Trinajstić information content (AvgIpc) is 2.90. The zero-order valence-corrected chi connectivity index (χ0v) is 15.9. The minimum absolute atomic E-state index is 0.0505. The molecule has 2 aliphatic rings. The molecule has 2 fully saturated rings. The lowest BCUT2D eigenvalue weighted by atomic mass is 10.0. The summed E-state index contributed by atoms with van der Waals surface area (Å²) in [6, 6.07) is 8.19. The van der Waals surface area contributed by atoms with E-state index in [9.17, 15) is 13.2 Å². The Kier molecular flexibility index (Phi) is 5.72. The van der Waals surface area contributed by atoms with Crippen LogP contribution in [0, 0.1) is 0 Å². The van der Waals surface area contributed by atoms with Crippen LogP contribution in [0.25, 0.3) is 0 Å². The quantitative estimate of drug-likeness (QED) is 0.738. The van der Waals surface area contributed by atoms with Gasteiger partial charge in [0, 0.05) is 43.2 Å². The van der Waals surface area contributed by atoms with Crippen molar-refractivity contribution in [2.24, 2.45) is 0 Å². The van der Waals surface area contributed by atoms with Crippen molar-refractivity contribution in [2.45, 2.75) is 29.9 Å². The normalized spacial score (nSPS) is 26.4. The van der Waals surface area contributed by atoms with Crippen LogP contribution in [0.15, 0.2) is 29.2 Å². The van der Waals surface area contributed by atoms with Gasteiger partial charge in [-0.05, 0) is 24.0 Å². The van der Waals surface area contributed by atoms with E-state index in [4.69, 9.17) is 5.11 Å². The van der Waals surface area contributed by atoms with E-state index in [1.807, 2.05) is 12.3 Å². The lowest BCUT2D eigenvalue weighted by Crippen LogP contribution is -2.58. The summed E-state index contributed by atoms with van der Waals surface area (Å²) >= 11 is 1.70. The molecule has 1 N–H and O–H groups in total. The molecule has 0 radical (unpaired) electrons. The summed E-state index contributed by atoms with van der Waals surface area (Å²) in [6.45, 7) is 2.63. The zero-order chi connectivity index (χ0) is 18.0. The van der Waals surface area contributed by atoms with Gasteiger partial charge in [0.25, 0.3) is 0 Å². The molecule has 2 heterocycles. The van der Waals surface area contributed by atoms with Gasteiger partial charge in [-0.3, -0.25) is 14.6 Å². The van der Waals surface area contributed by atoms with Crippen molar-refractivity contribution in [3.8, 4) is 0 Å². The number of aliphatic carboxylic acids is 1. The summed E-state index contributed by atoms with van der Waals surface area (Å²) in [7, 11) is -3.07. The van der Waals surface area contributed by atoms with Gasteiger partial charge < -0.3 is 5.11 Å². The summed E-state index contributed by atoms with van der Waals surface area (Å²) in [5.74, 6) is -0.532. The Labute approximate surface area is 153 Å². The van der Waals surface area contributed by atoms with Crippen molar-refractivity contribution in [3.63, 3.8) is 0 Å². The van der Waals surface area contributed by atoms with E-state index in [-0.39, 0.29) is 30.0 Å². The summed E-state index contributed by atoms with van der Waals surface area (Å²) in [5.41, 5.74) is 1.19. The maximum atomic E-state index is 12.2. The monoisotopic (exact) mass is 384 g/mol. The molecule has 1 aromatic rings. The molecular formula is C17H24N2O4S2. The third-order valence-electron chi connectivity index (χ3n) is 5.04. The molecule has 2 atom stereocenters. The second kappa shape index (κ2) is 7.65. The molecule has 25 heavy (non-hydrogen) atoms. The molecule has 0 amide bonds. The third kappa shape index (κ3) is 4.55. The average molecular weight is 385 g/mol. The number of carboxylic acid groups (broad SMARTS) is 1. The molecule has 6 nitrogen and oxygen atoms in total. The lowest BCUT2D eigenvalue weighted by molar-refractivity contribution is -0.137. The molecule has 0 saturated carbocycles. The van der Waals surface area contributed by atoms with Gasteiger partial charge in [0.15, 0.2) is 9.84 Å². The molecule has 0 spiro atoms. The minimum atomic E-state index is -3.07. The third-order valence-corrected chi connectivity index (χ3v) is 7.46. The largest absolute Gasteiger partial charge is 0.481 e. The standard InChI is InChI=1S/C17H24N2O4S2/c1-24-14-4-2-3-13(9-14)10-19-8-7-18(6-5-17(20)21)15-11-25(22,23)12-16(15)19/h2-4,9,15-16H,5-8,10-12H2,1H3,(H,20,21)/t15-,16+/m1/s1. The van der Waals surface area contributed by atoms with Crippen LogP contribution in [0.3, 0.4) is 0 Å². The Morgan fingerprint density at radius 1 is 1.24 bits per heavy atom.